The zero-order valence-electron chi connectivity index (χ0n) is 11.0. The van der Waals surface area contributed by atoms with Crippen molar-refractivity contribution in [3.8, 4) is 0 Å². The summed E-state index contributed by atoms with van der Waals surface area (Å²) in [5.41, 5.74) is 3.43. The number of nitrogens with zero attached hydrogens (tertiary/aromatic N) is 3. The summed E-state index contributed by atoms with van der Waals surface area (Å²) in [5.74, 6) is 0. The van der Waals surface area contributed by atoms with Gasteiger partial charge in [0.1, 0.15) is 7.05 Å². The quantitative estimate of drug-likeness (QED) is 0.458. The van der Waals surface area contributed by atoms with Crippen LogP contribution in [0.2, 0.25) is 0 Å². The van der Waals surface area contributed by atoms with Crippen LogP contribution in [0.3, 0.4) is 0 Å². The summed E-state index contributed by atoms with van der Waals surface area (Å²) in [5, 5.41) is 6.29. The van der Waals surface area contributed by atoms with Crippen molar-refractivity contribution < 1.29 is 4.57 Å². The Morgan fingerprint density at radius 1 is 1.06 bits per heavy atom. The Bertz CT molecular complexity index is 527. The molecule has 0 saturated carbocycles. The standard InChI is InChI=1S/C15H18N3/c1-13-4-6-15(7-5-13)18(3)16-12-14-8-10-17(2)11-9-14/h4-12H,1-3H3/q+1. The van der Waals surface area contributed by atoms with E-state index in [1.165, 1.54) is 5.56 Å². The Hall–Kier alpha value is -2.16. The van der Waals surface area contributed by atoms with Crippen LogP contribution < -0.4 is 9.58 Å². The van der Waals surface area contributed by atoms with E-state index in [2.05, 4.69) is 36.3 Å². The Morgan fingerprint density at radius 2 is 1.67 bits per heavy atom. The summed E-state index contributed by atoms with van der Waals surface area (Å²) >= 11 is 0. The summed E-state index contributed by atoms with van der Waals surface area (Å²) < 4.78 is 2.00. The summed E-state index contributed by atoms with van der Waals surface area (Å²) in [6, 6.07) is 12.4. The summed E-state index contributed by atoms with van der Waals surface area (Å²) in [7, 11) is 3.95. The Morgan fingerprint density at radius 3 is 2.28 bits per heavy atom. The maximum absolute atomic E-state index is 4.42. The lowest BCUT2D eigenvalue weighted by Gasteiger charge is -2.12. The summed E-state index contributed by atoms with van der Waals surface area (Å²) in [4.78, 5) is 0. The Labute approximate surface area is 108 Å². The zero-order chi connectivity index (χ0) is 13.0. The van der Waals surface area contributed by atoms with Crippen LogP contribution in [0, 0.1) is 6.92 Å². The van der Waals surface area contributed by atoms with Crippen LogP contribution in [0.5, 0.6) is 0 Å². The van der Waals surface area contributed by atoms with Gasteiger partial charge in [0, 0.05) is 24.7 Å². The molecule has 1 aromatic carbocycles. The molecule has 3 heteroatoms. The predicted octanol–water partition coefficient (Wildman–Crippen LogP) is 2.29. The van der Waals surface area contributed by atoms with Gasteiger partial charge < -0.3 is 0 Å². The monoisotopic (exact) mass is 240 g/mol. The van der Waals surface area contributed by atoms with Gasteiger partial charge in [-0.15, -0.1) is 0 Å². The normalized spacial score (nSPS) is 10.8. The topological polar surface area (TPSA) is 19.5 Å². The summed E-state index contributed by atoms with van der Waals surface area (Å²) in [6.07, 6.45) is 5.88. The fourth-order valence-electron chi connectivity index (χ4n) is 1.58. The lowest BCUT2D eigenvalue weighted by molar-refractivity contribution is -0.671. The van der Waals surface area contributed by atoms with Crippen molar-refractivity contribution in [3.63, 3.8) is 0 Å². The van der Waals surface area contributed by atoms with Crippen LogP contribution >= 0.6 is 0 Å². The average Bonchev–Trinajstić information content (AvgIpc) is 2.38. The molecular weight excluding hydrogens is 222 g/mol. The number of hydrogen-bond donors (Lipinski definition) is 0. The molecule has 0 bridgehead atoms. The van der Waals surface area contributed by atoms with Crippen molar-refractivity contribution >= 4 is 11.9 Å². The first kappa shape index (κ1) is 12.3. The van der Waals surface area contributed by atoms with E-state index in [0.29, 0.717) is 0 Å². The molecule has 1 heterocycles. The van der Waals surface area contributed by atoms with E-state index in [-0.39, 0.29) is 0 Å². The third-order valence-electron chi connectivity index (χ3n) is 2.79. The minimum Gasteiger partial charge on any atom is -0.269 e. The molecule has 0 spiro atoms. The molecule has 0 amide bonds. The second-order valence-electron chi connectivity index (χ2n) is 4.40. The van der Waals surface area contributed by atoms with E-state index < -0.39 is 0 Å². The van der Waals surface area contributed by atoms with Crippen molar-refractivity contribution in [3.05, 3.63) is 59.9 Å². The minimum atomic E-state index is 1.08. The van der Waals surface area contributed by atoms with Crippen molar-refractivity contribution in [2.24, 2.45) is 12.1 Å². The molecule has 0 aliphatic rings. The van der Waals surface area contributed by atoms with Crippen molar-refractivity contribution in [2.75, 3.05) is 12.1 Å². The maximum atomic E-state index is 4.42. The van der Waals surface area contributed by atoms with Crippen LogP contribution in [0.1, 0.15) is 11.1 Å². The van der Waals surface area contributed by atoms with Gasteiger partial charge in [0.15, 0.2) is 12.4 Å². The van der Waals surface area contributed by atoms with E-state index in [1.807, 2.05) is 54.4 Å². The molecule has 0 saturated heterocycles. The van der Waals surface area contributed by atoms with E-state index in [0.717, 1.165) is 11.3 Å². The molecule has 0 radical (unpaired) electrons. The van der Waals surface area contributed by atoms with E-state index >= 15 is 0 Å². The molecule has 0 aliphatic heterocycles. The van der Waals surface area contributed by atoms with Gasteiger partial charge in [-0.2, -0.15) is 5.10 Å². The summed E-state index contributed by atoms with van der Waals surface area (Å²) in [6.45, 7) is 2.08. The Balaban J connectivity index is 2.08. The average molecular weight is 240 g/mol. The lowest BCUT2D eigenvalue weighted by atomic mass is 10.2. The maximum Gasteiger partial charge on any atom is 0.169 e. The highest BCUT2D eigenvalue weighted by atomic mass is 15.4. The second kappa shape index (κ2) is 5.45. The van der Waals surface area contributed by atoms with E-state index in [9.17, 15) is 0 Å². The first-order valence-corrected chi connectivity index (χ1v) is 5.95. The largest absolute Gasteiger partial charge is 0.269 e. The van der Waals surface area contributed by atoms with Gasteiger partial charge >= 0.3 is 0 Å². The number of anilines is 1. The first-order valence-electron chi connectivity index (χ1n) is 5.95. The van der Waals surface area contributed by atoms with Gasteiger partial charge in [0.05, 0.1) is 11.9 Å². The molecule has 92 valence electrons. The highest BCUT2D eigenvalue weighted by Gasteiger charge is 1.97. The minimum absolute atomic E-state index is 1.08. The van der Waals surface area contributed by atoms with Crippen LogP contribution in [0.15, 0.2) is 53.9 Å². The van der Waals surface area contributed by atoms with Crippen molar-refractivity contribution in [1.82, 2.24) is 0 Å². The van der Waals surface area contributed by atoms with Gasteiger partial charge in [-0.3, -0.25) is 5.01 Å². The molecule has 0 unspecified atom stereocenters. The smallest absolute Gasteiger partial charge is 0.169 e. The SMILES string of the molecule is Cc1ccc(N(C)/N=C/c2cc[n+](C)cc2)cc1. The molecule has 3 nitrogen and oxygen atoms in total. The molecule has 2 rings (SSSR count). The third kappa shape index (κ3) is 3.17. The Kier molecular flexibility index (Phi) is 3.72. The highest BCUT2D eigenvalue weighted by Crippen LogP contribution is 2.13. The molecular formula is C15H18N3+. The zero-order valence-corrected chi connectivity index (χ0v) is 11.0. The molecule has 18 heavy (non-hydrogen) atoms. The van der Waals surface area contributed by atoms with Gasteiger partial charge in [-0.05, 0) is 19.1 Å². The van der Waals surface area contributed by atoms with Crippen molar-refractivity contribution in [1.29, 1.82) is 0 Å². The fraction of sp³-hybridized carbons (Fsp3) is 0.200. The number of hydrogen-bond acceptors (Lipinski definition) is 2. The first-order chi connectivity index (χ1) is 8.65. The predicted molar refractivity (Wildman–Crippen MR) is 74.8 cm³/mol. The fourth-order valence-corrected chi connectivity index (χ4v) is 1.58. The molecule has 0 aliphatic carbocycles. The van der Waals surface area contributed by atoms with Gasteiger partial charge in [-0.1, -0.05) is 17.7 Å². The molecule has 1 aromatic heterocycles. The lowest BCUT2D eigenvalue weighted by Crippen LogP contribution is -2.25. The number of rotatable bonds is 3. The van der Waals surface area contributed by atoms with Gasteiger partial charge in [0.25, 0.3) is 0 Å². The van der Waals surface area contributed by atoms with Gasteiger partial charge in [-0.25, -0.2) is 4.57 Å². The molecule has 0 N–H and O–H groups in total. The van der Waals surface area contributed by atoms with E-state index in [1.54, 1.807) is 0 Å². The van der Waals surface area contributed by atoms with Crippen LogP contribution in [0.25, 0.3) is 0 Å². The van der Waals surface area contributed by atoms with Crippen molar-refractivity contribution in [2.45, 2.75) is 6.92 Å². The molecule has 2 aromatic rings. The van der Waals surface area contributed by atoms with Crippen LogP contribution in [-0.4, -0.2) is 13.3 Å². The number of hydrazone groups is 1. The number of aryl methyl sites for hydroxylation is 2. The number of pyridine rings is 1. The number of aromatic nitrogens is 1. The third-order valence-corrected chi connectivity index (χ3v) is 2.79. The van der Waals surface area contributed by atoms with Crippen LogP contribution in [-0.2, 0) is 7.05 Å². The number of benzene rings is 1. The van der Waals surface area contributed by atoms with E-state index in [4.69, 9.17) is 0 Å². The highest BCUT2D eigenvalue weighted by molar-refractivity contribution is 5.79. The van der Waals surface area contributed by atoms with Crippen LogP contribution in [0.4, 0.5) is 5.69 Å². The molecule has 0 atom stereocenters. The molecule has 0 fully saturated rings. The second-order valence-corrected chi connectivity index (χ2v) is 4.40. The van der Waals surface area contributed by atoms with Gasteiger partial charge in [0.2, 0.25) is 0 Å².